The molecular formula is C11H13ClN2O4. The zero-order valence-corrected chi connectivity index (χ0v) is 10.4. The van der Waals surface area contributed by atoms with E-state index in [9.17, 15) is 10.1 Å². The Kier molecular flexibility index (Phi) is 4.35. The Morgan fingerprint density at radius 2 is 2.44 bits per heavy atom. The fourth-order valence-electron chi connectivity index (χ4n) is 1.69. The summed E-state index contributed by atoms with van der Waals surface area (Å²) in [6.45, 7) is 2.32. The summed E-state index contributed by atoms with van der Waals surface area (Å²) < 4.78 is 10.9. The Balaban J connectivity index is 2.05. The molecule has 1 saturated heterocycles. The van der Waals surface area contributed by atoms with Gasteiger partial charge >= 0.3 is 5.69 Å². The molecule has 7 heteroatoms. The number of ether oxygens (including phenoxy) is 2. The van der Waals surface area contributed by atoms with Crippen LogP contribution in [0.15, 0.2) is 18.2 Å². The largest absolute Gasteiger partial charge is 0.483 e. The Morgan fingerprint density at radius 1 is 1.61 bits per heavy atom. The van der Waals surface area contributed by atoms with E-state index in [1.807, 2.05) is 0 Å². The lowest BCUT2D eigenvalue weighted by molar-refractivity contribution is -0.385. The summed E-state index contributed by atoms with van der Waals surface area (Å²) >= 11 is 5.91. The summed E-state index contributed by atoms with van der Waals surface area (Å²) in [5.74, 6) is 0.0957. The number of halogens is 1. The molecule has 0 aromatic heterocycles. The molecule has 98 valence electrons. The van der Waals surface area contributed by atoms with Crippen molar-refractivity contribution in [3.05, 3.63) is 33.3 Å². The molecule has 2 rings (SSSR count). The Bertz CT molecular complexity index is 435. The smallest absolute Gasteiger partial charge is 0.312 e. The van der Waals surface area contributed by atoms with Gasteiger partial charge in [-0.3, -0.25) is 10.1 Å². The lowest BCUT2D eigenvalue weighted by Gasteiger charge is -2.23. The highest BCUT2D eigenvalue weighted by molar-refractivity contribution is 6.32. The molecule has 1 heterocycles. The zero-order chi connectivity index (χ0) is 13.0. The van der Waals surface area contributed by atoms with Gasteiger partial charge in [0.2, 0.25) is 5.75 Å². The van der Waals surface area contributed by atoms with Crippen molar-refractivity contribution in [1.82, 2.24) is 5.32 Å². The Morgan fingerprint density at radius 3 is 3.11 bits per heavy atom. The van der Waals surface area contributed by atoms with Crippen LogP contribution in [-0.2, 0) is 4.74 Å². The van der Waals surface area contributed by atoms with Crippen molar-refractivity contribution in [3.8, 4) is 5.75 Å². The number of nitrogens with zero attached hydrogens (tertiary/aromatic N) is 1. The van der Waals surface area contributed by atoms with Gasteiger partial charge < -0.3 is 14.8 Å². The first-order valence-electron chi connectivity index (χ1n) is 5.56. The third-order valence-electron chi connectivity index (χ3n) is 2.56. The van der Waals surface area contributed by atoms with Crippen molar-refractivity contribution in [2.45, 2.75) is 6.10 Å². The van der Waals surface area contributed by atoms with Crippen molar-refractivity contribution < 1.29 is 14.4 Å². The zero-order valence-electron chi connectivity index (χ0n) is 9.60. The Hall–Kier alpha value is -1.37. The molecule has 1 aromatic rings. The highest BCUT2D eigenvalue weighted by Gasteiger charge is 2.21. The van der Waals surface area contributed by atoms with E-state index in [2.05, 4.69) is 5.32 Å². The maximum absolute atomic E-state index is 10.8. The van der Waals surface area contributed by atoms with Gasteiger partial charge in [0.05, 0.1) is 16.6 Å². The minimum Gasteiger partial charge on any atom is -0.483 e. The SMILES string of the molecule is O=[N+]([O-])c1cccc(Cl)c1OCC1CNCCO1. The van der Waals surface area contributed by atoms with Crippen LogP contribution in [0.3, 0.4) is 0 Å². The molecule has 0 bridgehead atoms. The predicted octanol–water partition coefficient (Wildman–Crippen LogP) is 1.62. The van der Waals surface area contributed by atoms with Gasteiger partial charge in [-0.25, -0.2) is 0 Å². The van der Waals surface area contributed by atoms with Gasteiger partial charge in [-0.1, -0.05) is 17.7 Å². The van der Waals surface area contributed by atoms with E-state index < -0.39 is 4.92 Å². The first kappa shape index (κ1) is 13.1. The summed E-state index contributed by atoms with van der Waals surface area (Å²) in [6.07, 6.45) is -0.116. The number of nitro groups is 1. The lowest BCUT2D eigenvalue weighted by Crippen LogP contribution is -2.41. The molecule has 18 heavy (non-hydrogen) atoms. The van der Waals surface area contributed by atoms with E-state index in [0.717, 1.165) is 6.54 Å². The number of benzene rings is 1. The quantitative estimate of drug-likeness (QED) is 0.666. The van der Waals surface area contributed by atoms with Gasteiger partial charge in [-0.05, 0) is 6.07 Å². The summed E-state index contributed by atoms with van der Waals surface area (Å²) in [4.78, 5) is 10.3. The molecule has 1 aliphatic heterocycles. The standard InChI is InChI=1S/C11H13ClN2O4/c12-9-2-1-3-10(14(15)16)11(9)18-7-8-6-13-4-5-17-8/h1-3,8,13H,4-7H2. The van der Waals surface area contributed by atoms with Crippen LogP contribution >= 0.6 is 11.6 Å². The summed E-state index contributed by atoms with van der Waals surface area (Å²) in [5.41, 5.74) is -0.133. The van der Waals surface area contributed by atoms with Crippen LogP contribution < -0.4 is 10.1 Å². The summed E-state index contributed by atoms with van der Waals surface area (Å²) in [5, 5.41) is 14.2. The molecule has 1 aliphatic rings. The van der Waals surface area contributed by atoms with Crippen LogP contribution in [-0.4, -0.2) is 37.3 Å². The normalized spacial score (nSPS) is 19.5. The maximum atomic E-state index is 10.8. The molecule has 6 nitrogen and oxygen atoms in total. The van der Waals surface area contributed by atoms with Gasteiger partial charge in [-0.15, -0.1) is 0 Å². The molecule has 0 aliphatic carbocycles. The summed E-state index contributed by atoms with van der Waals surface area (Å²) in [6, 6.07) is 4.44. The average molecular weight is 273 g/mol. The van der Waals surface area contributed by atoms with Crippen LogP contribution in [0.25, 0.3) is 0 Å². The van der Waals surface area contributed by atoms with Crippen molar-refractivity contribution in [3.63, 3.8) is 0 Å². The Labute approximate surface area is 109 Å². The summed E-state index contributed by atoms with van der Waals surface area (Å²) in [7, 11) is 0. The van der Waals surface area contributed by atoms with Crippen molar-refractivity contribution in [2.24, 2.45) is 0 Å². The molecule has 0 saturated carbocycles. The fraction of sp³-hybridized carbons (Fsp3) is 0.455. The number of nitrogens with one attached hydrogen (secondary N) is 1. The first-order valence-corrected chi connectivity index (χ1v) is 5.94. The van der Waals surface area contributed by atoms with Crippen molar-refractivity contribution >= 4 is 17.3 Å². The molecule has 0 amide bonds. The van der Waals surface area contributed by atoms with Gasteiger partial charge in [-0.2, -0.15) is 0 Å². The molecule has 1 unspecified atom stereocenters. The molecule has 1 aromatic carbocycles. The van der Waals surface area contributed by atoms with Crippen LogP contribution in [0, 0.1) is 10.1 Å². The maximum Gasteiger partial charge on any atom is 0.312 e. The molecule has 0 spiro atoms. The van der Waals surface area contributed by atoms with E-state index >= 15 is 0 Å². The highest BCUT2D eigenvalue weighted by atomic mass is 35.5. The van der Waals surface area contributed by atoms with Gasteiger partial charge in [0.15, 0.2) is 0 Å². The van der Waals surface area contributed by atoms with Crippen LogP contribution in [0.1, 0.15) is 0 Å². The fourth-order valence-corrected chi connectivity index (χ4v) is 1.91. The van der Waals surface area contributed by atoms with E-state index in [-0.39, 0.29) is 29.2 Å². The van der Waals surface area contributed by atoms with Gasteiger partial charge in [0.25, 0.3) is 0 Å². The minimum absolute atomic E-state index is 0.0957. The number of nitro benzene ring substituents is 1. The average Bonchev–Trinajstić information content (AvgIpc) is 2.38. The van der Waals surface area contributed by atoms with Crippen molar-refractivity contribution in [1.29, 1.82) is 0 Å². The number of morpholine rings is 1. The third kappa shape index (κ3) is 3.10. The van der Waals surface area contributed by atoms with E-state index in [4.69, 9.17) is 21.1 Å². The predicted molar refractivity (Wildman–Crippen MR) is 66.2 cm³/mol. The van der Waals surface area contributed by atoms with Crippen LogP contribution in [0.5, 0.6) is 5.75 Å². The monoisotopic (exact) mass is 272 g/mol. The number of rotatable bonds is 4. The highest BCUT2D eigenvalue weighted by Crippen LogP contribution is 2.34. The molecule has 0 radical (unpaired) electrons. The van der Waals surface area contributed by atoms with Crippen LogP contribution in [0.2, 0.25) is 5.02 Å². The molecule has 1 fully saturated rings. The molecular weight excluding hydrogens is 260 g/mol. The van der Waals surface area contributed by atoms with Crippen molar-refractivity contribution in [2.75, 3.05) is 26.3 Å². The van der Waals surface area contributed by atoms with Gasteiger partial charge in [0.1, 0.15) is 12.7 Å². The molecule has 1 atom stereocenters. The second kappa shape index (κ2) is 5.99. The third-order valence-corrected chi connectivity index (χ3v) is 2.86. The van der Waals surface area contributed by atoms with E-state index in [1.165, 1.54) is 12.1 Å². The number of para-hydroxylation sites is 1. The molecule has 1 N–H and O–H groups in total. The number of hydrogen-bond donors (Lipinski definition) is 1. The van der Waals surface area contributed by atoms with Gasteiger partial charge in [0, 0.05) is 19.2 Å². The van der Waals surface area contributed by atoms with Crippen LogP contribution in [0.4, 0.5) is 5.69 Å². The minimum atomic E-state index is -0.513. The second-order valence-electron chi connectivity index (χ2n) is 3.85. The lowest BCUT2D eigenvalue weighted by atomic mass is 10.3. The topological polar surface area (TPSA) is 73.6 Å². The van der Waals surface area contributed by atoms with E-state index in [1.54, 1.807) is 6.07 Å². The number of hydrogen-bond acceptors (Lipinski definition) is 5. The second-order valence-corrected chi connectivity index (χ2v) is 4.26. The van der Waals surface area contributed by atoms with E-state index in [0.29, 0.717) is 13.2 Å². The first-order chi connectivity index (χ1) is 8.68.